The second-order valence-corrected chi connectivity index (χ2v) is 4.98. The van der Waals surface area contributed by atoms with Crippen molar-refractivity contribution < 1.29 is 9.53 Å². The van der Waals surface area contributed by atoms with Crippen LogP contribution in [0.3, 0.4) is 0 Å². The van der Waals surface area contributed by atoms with E-state index in [4.69, 9.17) is 10.5 Å². The molecular formula is C15H22N2O2. The van der Waals surface area contributed by atoms with Gasteiger partial charge in [-0.05, 0) is 31.4 Å². The van der Waals surface area contributed by atoms with Gasteiger partial charge in [0, 0.05) is 25.6 Å². The molecule has 1 aromatic carbocycles. The van der Waals surface area contributed by atoms with Gasteiger partial charge in [-0.25, -0.2) is 0 Å². The van der Waals surface area contributed by atoms with Gasteiger partial charge < -0.3 is 15.4 Å². The quantitative estimate of drug-likeness (QED) is 0.823. The Bertz CT molecular complexity index is 386. The van der Waals surface area contributed by atoms with Gasteiger partial charge in [-0.2, -0.15) is 0 Å². The zero-order valence-corrected chi connectivity index (χ0v) is 11.3. The molecule has 1 saturated heterocycles. The number of para-hydroxylation sites is 1. The van der Waals surface area contributed by atoms with Crippen molar-refractivity contribution in [3.63, 3.8) is 0 Å². The first-order valence-corrected chi connectivity index (χ1v) is 6.97. The predicted molar refractivity (Wildman–Crippen MR) is 75.0 cm³/mol. The van der Waals surface area contributed by atoms with Gasteiger partial charge in [0.25, 0.3) is 0 Å². The Balaban J connectivity index is 1.61. The molecule has 1 fully saturated rings. The number of amides is 1. The van der Waals surface area contributed by atoms with E-state index < -0.39 is 0 Å². The van der Waals surface area contributed by atoms with Gasteiger partial charge in [0.2, 0.25) is 5.91 Å². The monoisotopic (exact) mass is 262 g/mol. The van der Waals surface area contributed by atoms with Crippen LogP contribution in [-0.2, 0) is 4.79 Å². The fraction of sp³-hybridized carbons (Fsp3) is 0.533. The SMILES string of the molecule is NC1CCN(C(=O)CCCOc2ccccc2)CC1. The molecule has 0 saturated carbocycles. The second kappa shape index (κ2) is 7.14. The number of hydrogen-bond acceptors (Lipinski definition) is 3. The van der Waals surface area contributed by atoms with Gasteiger partial charge in [0.05, 0.1) is 6.61 Å². The summed E-state index contributed by atoms with van der Waals surface area (Å²) in [5, 5.41) is 0. The lowest BCUT2D eigenvalue weighted by Gasteiger charge is -2.30. The molecule has 1 aliphatic heterocycles. The number of nitrogens with zero attached hydrogens (tertiary/aromatic N) is 1. The Kier molecular flexibility index (Phi) is 5.21. The van der Waals surface area contributed by atoms with Crippen molar-refractivity contribution in [2.45, 2.75) is 31.7 Å². The lowest BCUT2D eigenvalue weighted by atomic mass is 10.1. The van der Waals surface area contributed by atoms with E-state index in [1.807, 2.05) is 35.2 Å². The third-order valence-corrected chi connectivity index (χ3v) is 3.44. The molecule has 104 valence electrons. The van der Waals surface area contributed by atoms with E-state index in [9.17, 15) is 4.79 Å². The van der Waals surface area contributed by atoms with E-state index >= 15 is 0 Å². The van der Waals surface area contributed by atoms with Crippen LogP contribution in [0.25, 0.3) is 0 Å². The predicted octanol–water partition coefficient (Wildman–Crippen LogP) is 1.80. The summed E-state index contributed by atoms with van der Waals surface area (Å²) < 4.78 is 5.57. The minimum Gasteiger partial charge on any atom is -0.494 e. The average molecular weight is 262 g/mol. The summed E-state index contributed by atoms with van der Waals surface area (Å²) >= 11 is 0. The second-order valence-electron chi connectivity index (χ2n) is 4.98. The first kappa shape index (κ1) is 13.9. The van der Waals surface area contributed by atoms with Crippen LogP contribution in [0.5, 0.6) is 5.75 Å². The van der Waals surface area contributed by atoms with Crippen LogP contribution < -0.4 is 10.5 Å². The van der Waals surface area contributed by atoms with E-state index in [1.54, 1.807) is 0 Å². The van der Waals surface area contributed by atoms with Crippen LogP contribution in [0.1, 0.15) is 25.7 Å². The number of likely N-dealkylation sites (tertiary alicyclic amines) is 1. The van der Waals surface area contributed by atoms with E-state index in [0.29, 0.717) is 13.0 Å². The number of rotatable bonds is 5. The molecule has 4 nitrogen and oxygen atoms in total. The maximum atomic E-state index is 11.9. The normalized spacial score (nSPS) is 16.4. The molecule has 0 bridgehead atoms. The molecule has 1 heterocycles. The van der Waals surface area contributed by atoms with Crippen LogP contribution in [0.2, 0.25) is 0 Å². The topological polar surface area (TPSA) is 55.6 Å². The van der Waals surface area contributed by atoms with Gasteiger partial charge in [-0.15, -0.1) is 0 Å². The highest BCUT2D eigenvalue weighted by molar-refractivity contribution is 5.76. The summed E-state index contributed by atoms with van der Waals surface area (Å²) in [7, 11) is 0. The van der Waals surface area contributed by atoms with E-state index in [1.165, 1.54) is 0 Å². The highest BCUT2D eigenvalue weighted by Gasteiger charge is 2.19. The summed E-state index contributed by atoms with van der Waals surface area (Å²) in [6, 6.07) is 9.96. The highest BCUT2D eigenvalue weighted by atomic mass is 16.5. The summed E-state index contributed by atoms with van der Waals surface area (Å²) in [6.45, 7) is 2.20. The maximum absolute atomic E-state index is 11.9. The minimum absolute atomic E-state index is 0.226. The third-order valence-electron chi connectivity index (χ3n) is 3.44. The zero-order valence-electron chi connectivity index (χ0n) is 11.3. The Labute approximate surface area is 114 Å². The van der Waals surface area contributed by atoms with E-state index in [-0.39, 0.29) is 11.9 Å². The molecule has 0 atom stereocenters. The molecule has 1 aromatic rings. The first-order valence-electron chi connectivity index (χ1n) is 6.97. The van der Waals surface area contributed by atoms with Crippen LogP contribution >= 0.6 is 0 Å². The Morgan fingerprint density at radius 2 is 1.95 bits per heavy atom. The highest BCUT2D eigenvalue weighted by Crippen LogP contribution is 2.12. The lowest BCUT2D eigenvalue weighted by molar-refractivity contribution is -0.132. The molecule has 0 aromatic heterocycles. The number of hydrogen-bond donors (Lipinski definition) is 1. The van der Waals surface area contributed by atoms with Crippen LogP contribution in [0.15, 0.2) is 30.3 Å². The summed E-state index contributed by atoms with van der Waals surface area (Å²) in [5.74, 6) is 1.09. The van der Waals surface area contributed by atoms with Gasteiger partial charge >= 0.3 is 0 Å². The number of piperidine rings is 1. The summed E-state index contributed by atoms with van der Waals surface area (Å²) in [6.07, 6.45) is 3.16. The van der Waals surface area contributed by atoms with Crippen molar-refractivity contribution in [1.82, 2.24) is 4.90 Å². The molecule has 0 aliphatic carbocycles. The van der Waals surface area contributed by atoms with Gasteiger partial charge in [-0.1, -0.05) is 18.2 Å². The van der Waals surface area contributed by atoms with Crippen molar-refractivity contribution in [2.24, 2.45) is 5.73 Å². The van der Waals surface area contributed by atoms with E-state index in [2.05, 4.69) is 0 Å². The van der Waals surface area contributed by atoms with Crippen LogP contribution in [0.4, 0.5) is 0 Å². The lowest BCUT2D eigenvalue weighted by Crippen LogP contribution is -2.42. The summed E-state index contributed by atoms with van der Waals surface area (Å²) in [4.78, 5) is 13.9. The smallest absolute Gasteiger partial charge is 0.222 e. The Morgan fingerprint density at radius 1 is 1.26 bits per heavy atom. The van der Waals surface area contributed by atoms with Crippen molar-refractivity contribution in [3.8, 4) is 5.75 Å². The molecule has 1 aliphatic rings. The van der Waals surface area contributed by atoms with Gasteiger partial charge in [0.1, 0.15) is 5.75 Å². The molecule has 0 radical (unpaired) electrons. The van der Waals surface area contributed by atoms with Crippen LogP contribution in [0, 0.1) is 0 Å². The molecule has 1 amide bonds. The van der Waals surface area contributed by atoms with Crippen molar-refractivity contribution >= 4 is 5.91 Å². The zero-order chi connectivity index (χ0) is 13.5. The third kappa shape index (κ3) is 4.56. The molecule has 2 N–H and O–H groups in total. The standard InChI is InChI=1S/C15H22N2O2/c16-13-8-10-17(11-9-13)15(18)7-4-12-19-14-5-2-1-3-6-14/h1-3,5-6,13H,4,7-12,16H2. The Hall–Kier alpha value is -1.55. The fourth-order valence-corrected chi connectivity index (χ4v) is 2.24. The molecule has 19 heavy (non-hydrogen) atoms. The maximum Gasteiger partial charge on any atom is 0.222 e. The minimum atomic E-state index is 0.226. The number of ether oxygens (including phenoxy) is 1. The number of carbonyl (C=O) groups excluding carboxylic acids is 1. The van der Waals surface area contributed by atoms with Crippen molar-refractivity contribution in [2.75, 3.05) is 19.7 Å². The van der Waals surface area contributed by atoms with Gasteiger partial charge in [0.15, 0.2) is 0 Å². The molecule has 0 unspecified atom stereocenters. The number of benzene rings is 1. The van der Waals surface area contributed by atoms with Crippen LogP contribution in [-0.4, -0.2) is 36.5 Å². The molecular weight excluding hydrogens is 240 g/mol. The molecule has 4 heteroatoms. The first-order chi connectivity index (χ1) is 9.25. The molecule has 0 spiro atoms. The summed E-state index contributed by atoms with van der Waals surface area (Å²) in [5.41, 5.74) is 5.83. The van der Waals surface area contributed by atoms with Crippen molar-refractivity contribution in [3.05, 3.63) is 30.3 Å². The largest absolute Gasteiger partial charge is 0.494 e. The van der Waals surface area contributed by atoms with Gasteiger partial charge in [-0.3, -0.25) is 4.79 Å². The van der Waals surface area contributed by atoms with E-state index in [0.717, 1.165) is 38.1 Å². The van der Waals surface area contributed by atoms with Crippen molar-refractivity contribution in [1.29, 1.82) is 0 Å². The Morgan fingerprint density at radius 3 is 2.63 bits per heavy atom. The fourth-order valence-electron chi connectivity index (χ4n) is 2.24. The number of carbonyl (C=O) groups is 1. The number of nitrogens with two attached hydrogens (primary N) is 1. The molecule has 2 rings (SSSR count). The average Bonchev–Trinajstić information content (AvgIpc) is 2.45.